The largest absolute Gasteiger partial charge is 0.337 e. The molecule has 0 aromatic carbocycles. The van der Waals surface area contributed by atoms with Gasteiger partial charge in [-0.15, -0.1) is 0 Å². The quantitative estimate of drug-likeness (QED) is 0.827. The first-order valence-electron chi connectivity index (χ1n) is 5.40. The molecular formula is C12H15N3S. The van der Waals surface area contributed by atoms with E-state index < -0.39 is 0 Å². The average molecular weight is 233 g/mol. The molecule has 0 spiro atoms. The summed E-state index contributed by atoms with van der Waals surface area (Å²) in [7, 11) is 0. The molecule has 0 unspecified atom stereocenters. The van der Waals surface area contributed by atoms with E-state index in [1.54, 1.807) is 0 Å². The number of hydrogen-bond acceptors (Lipinski definition) is 2. The Hall–Kier alpha value is -1.42. The van der Waals surface area contributed by atoms with Gasteiger partial charge in [-0.25, -0.2) is 0 Å². The van der Waals surface area contributed by atoms with Crippen molar-refractivity contribution in [3.63, 3.8) is 0 Å². The van der Waals surface area contributed by atoms with Crippen molar-refractivity contribution in [1.29, 1.82) is 0 Å². The molecule has 2 aromatic heterocycles. The van der Waals surface area contributed by atoms with Crippen molar-refractivity contribution < 1.29 is 0 Å². The maximum Gasteiger partial charge on any atom is 0.177 e. The second-order valence-electron chi connectivity index (χ2n) is 3.79. The van der Waals surface area contributed by atoms with Gasteiger partial charge in [-0.1, -0.05) is 13.0 Å². The second-order valence-corrected chi connectivity index (χ2v) is 4.18. The average Bonchev–Trinajstić information content (AvgIpc) is 2.63. The molecule has 2 aromatic rings. The Kier molecular flexibility index (Phi) is 3.19. The van der Waals surface area contributed by atoms with Gasteiger partial charge in [0, 0.05) is 18.1 Å². The summed E-state index contributed by atoms with van der Waals surface area (Å²) in [5.74, 6) is 0. The Morgan fingerprint density at radius 2 is 2.31 bits per heavy atom. The topological polar surface area (TPSA) is 33.6 Å². The Morgan fingerprint density at radius 1 is 1.50 bits per heavy atom. The van der Waals surface area contributed by atoms with Crippen LogP contribution in [0.25, 0.3) is 0 Å². The van der Waals surface area contributed by atoms with E-state index in [1.807, 2.05) is 18.5 Å². The van der Waals surface area contributed by atoms with Gasteiger partial charge in [0.1, 0.15) is 0 Å². The van der Waals surface area contributed by atoms with Gasteiger partial charge >= 0.3 is 0 Å². The lowest BCUT2D eigenvalue weighted by Gasteiger charge is -2.08. The third-order valence-electron chi connectivity index (χ3n) is 2.74. The minimum atomic E-state index is 0.748. The van der Waals surface area contributed by atoms with Crippen molar-refractivity contribution >= 4 is 12.2 Å². The van der Waals surface area contributed by atoms with Gasteiger partial charge in [0.05, 0.1) is 12.2 Å². The summed E-state index contributed by atoms with van der Waals surface area (Å²) in [6.07, 6.45) is 4.77. The molecule has 0 amide bonds. The molecule has 0 bridgehead atoms. The van der Waals surface area contributed by atoms with E-state index in [9.17, 15) is 0 Å². The summed E-state index contributed by atoms with van der Waals surface area (Å²) in [4.78, 5) is 7.47. The maximum absolute atomic E-state index is 5.26. The number of aryl methyl sites for hydroxylation is 2. The van der Waals surface area contributed by atoms with Crippen LogP contribution in [-0.2, 0) is 13.0 Å². The Labute approximate surface area is 100 Å². The minimum absolute atomic E-state index is 0.748. The fourth-order valence-corrected chi connectivity index (χ4v) is 1.97. The maximum atomic E-state index is 5.26. The number of pyridine rings is 1. The monoisotopic (exact) mass is 233 g/mol. The molecule has 84 valence electrons. The van der Waals surface area contributed by atoms with E-state index in [4.69, 9.17) is 12.2 Å². The van der Waals surface area contributed by atoms with Crippen LogP contribution in [0, 0.1) is 11.7 Å². The minimum Gasteiger partial charge on any atom is -0.337 e. The highest BCUT2D eigenvalue weighted by Crippen LogP contribution is 2.09. The predicted molar refractivity (Wildman–Crippen MR) is 67.1 cm³/mol. The van der Waals surface area contributed by atoms with E-state index in [0.717, 1.165) is 23.4 Å². The van der Waals surface area contributed by atoms with E-state index in [2.05, 4.69) is 34.4 Å². The van der Waals surface area contributed by atoms with Crippen LogP contribution in [0.5, 0.6) is 0 Å². The Morgan fingerprint density at radius 3 is 3.00 bits per heavy atom. The molecule has 0 saturated carbocycles. The first-order valence-corrected chi connectivity index (χ1v) is 5.80. The Bertz CT molecular complexity index is 539. The van der Waals surface area contributed by atoms with Crippen molar-refractivity contribution in [1.82, 2.24) is 14.5 Å². The molecule has 0 atom stereocenters. The van der Waals surface area contributed by atoms with Crippen LogP contribution in [0.1, 0.15) is 23.9 Å². The van der Waals surface area contributed by atoms with Crippen molar-refractivity contribution in [3.05, 3.63) is 46.2 Å². The number of rotatable bonds is 3. The van der Waals surface area contributed by atoms with E-state index >= 15 is 0 Å². The van der Waals surface area contributed by atoms with Gasteiger partial charge in [0.15, 0.2) is 4.77 Å². The van der Waals surface area contributed by atoms with Crippen LogP contribution >= 0.6 is 12.2 Å². The summed E-state index contributed by atoms with van der Waals surface area (Å²) in [5, 5.41) is 0. The molecule has 2 heterocycles. The molecule has 1 N–H and O–H groups in total. The van der Waals surface area contributed by atoms with E-state index in [0.29, 0.717) is 0 Å². The number of H-pyrrole nitrogens is 1. The van der Waals surface area contributed by atoms with Crippen LogP contribution in [-0.4, -0.2) is 14.5 Å². The van der Waals surface area contributed by atoms with Gasteiger partial charge in [-0.3, -0.25) is 4.98 Å². The summed E-state index contributed by atoms with van der Waals surface area (Å²) >= 11 is 5.26. The van der Waals surface area contributed by atoms with Crippen molar-refractivity contribution in [2.75, 3.05) is 0 Å². The lowest BCUT2D eigenvalue weighted by molar-refractivity contribution is 0.715. The van der Waals surface area contributed by atoms with E-state index in [1.165, 1.54) is 11.3 Å². The highest BCUT2D eigenvalue weighted by molar-refractivity contribution is 7.71. The molecule has 0 aliphatic carbocycles. The van der Waals surface area contributed by atoms with Gasteiger partial charge in [0.25, 0.3) is 0 Å². The van der Waals surface area contributed by atoms with Crippen LogP contribution < -0.4 is 0 Å². The van der Waals surface area contributed by atoms with Crippen molar-refractivity contribution in [2.45, 2.75) is 26.8 Å². The zero-order chi connectivity index (χ0) is 11.5. The fraction of sp³-hybridized carbons (Fsp3) is 0.333. The lowest BCUT2D eigenvalue weighted by atomic mass is 10.2. The summed E-state index contributed by atoms with van der Waals surface area (Å²) in [5.41, 5.74) is 3.50. The van der Waals surface area contributed by atoms with Crippen LogP contribution in [0.2, 0.25) is 0 Å². The highest BCUT2D eigenvalue weighted by Gasteiger charge is 2.05. The molecule has 4 heteroatoms. The van der Waals surface area contributed by atoms with Gasteiger partial charge in [-0.2, -0.15) is 0 Å². The Balaban J connectivity index is 2.37. The number of nitrogens with one attached hydrogen (secondary N) is 1. The summed E-state index contributed by atoms with van der Waals surface area (Å²) in [6.45, 7) is 4.95. The predicted octanol–water partition coefficient (Wildman–Crippen LogP) is 2.86. The molecule has 0 radical (unpaired) electrons. The lowest BCUT2D eigenvalue weighted by Crippen LogP contribution is -2.06. The zero-order valence-corrected chi connectivity index (χ0v) is 10.3. The van der Waals surface area contributed by atoms with Gasteiger partial charge < -0.3 is 9.55 Å². The SMILES string of the molecule is CCc1c[nH]c(=S)n1Cc1ncccc1C. The third kappa shape index (κ3) is 2.07. The van der Waals surface area contributed by atoms with Gasteiger partial charge in [-0.05, 0) is 37.2 Å². The zero-order valence-electron chi connectivity index (χ0n) is 9.53. The molecule has 0 aliphatic rings. The molecule has 3 nitrogen and oxygen atoms in total. The molecule has 0 aliphatic heterocycles. The van der Waals surface area contributed by atoms with Crippen LogP contribution in [0.4, 0.5) is 0 Å². The standard InChI is InChI=1S/C12H15N3S/c1-3-10-7-14-12(16)15(10)8-11-9(2)5-4-6-13-11/h4-7H,3,8H2,1-2H3,(H,14,16). The van der Waals surface area contributed by atoms with Crippen molar-refractivity contribution in [2.24, 2.45) is 0 Å². The number of imidazole rings is 1. The second kappa shape index (κ2) is 4.61. The molecule has 2 rings (SSSR count). The number of hydrogen-bond donors (Lipinski definition) is 1. The van der Waals surface area contributed by atoms with E-state index in [-0.39, 0.29) is 0 Å². The first-order chi connectivity index (χ1) is 7.72. The van der Waals surface area contributed by atoms with Crippen molar-refractivity contribution in [3.8, 4) is 0 Å². The van der Waals surface area contributed by atoms with Gasteiger partial charge in [0.2, 0.25) is 0 Å². The van der Waals surface area contributed by atoms with Crippen LogP contribution in [0.15, 0.2) is 24.5 Å². The number of aromatic amines is 1. The molecular weight excluding hydrogens is 218 g/mol. The number of nitrogens with zero attached hydrogens (tertiary/aromatic N) is 2. The smallest absolute Gasteiger partial charge is 0.177 e. The summed E-state index contributed by atoms with van der Waals surface area (Å²) in [6, 6.07) is 4.03. The number of aromatic nitrogens is 3. The molecule has 0 saturated heterocycles. The normalized spacial score (nSPS) is 10.6. The van der Waals surface area contributed by atoms with Crippen LogP contribution in [0.3, 0.4) is 0 Å². The molecule has 16 heavy (non-hydrogen) atoms. The summed E-state index contributed by atoms with van der Waals surface area (Å²) < 4.78 is 2.87. The first kappa shape index (κ1) is 11.1. The highest BCUT2D eigenvalue weighted by atomic mass is 32.1. The molecule has 0 fully saturated rings. The fourth-order valence-electron chi connectivity index (χ4n) is 1.73. The third-order valence-corrected chi connectivity index (χ3v) is 3.08.